The summed E-state index contributed by atoms with van der Waals surface area (Å²) in [5.74, 6) is 0.518. The third kappa shape index (κ3) is 2.58. The summed E-state index contributed by atoms with van der Waals surface area (Å²) in [7, 11) is -0.403. The van der Waals surface area contributed by atoms with Crippen molar-refractivity contribution in [3.63, 3.8) is 0 Å². The molecule has 0 bridgehead atoms. The Kier molecular flexibility index (Phi) is 3.89. The van der Waals surface area contributed by atoms with Gasteiger partial charge in [0.05, 0.1) is 16.6 Å². The SMILES string of the molecule is CC(C)CC1(C)C(=O)Nc2ccc(B3OC(C)(C)C(C)(C)O3)cc21. The van der Waals surface area contributed by atoms with E-state index in [4.69, 9.17) is 9.31 Å². The first-order valence-electron chi connectivity index (χ1n) is 8.78. The first-order chi connectivity index (χ1) is 11.0. The number of carbonyl (C=O) groups excluding carboxylic acids is 1. The fourth-order valence-corrected chi connectivity index (χ4v) is 3.65. The normalized spacial score (nSPS) is 27.5. The molecule has 0 aromatic heterocycles. The predicted octanol–water partition coefficient (Wildman–Crippen LogP) is 3.24. The number of hydrogen-bond acceptors (Lipinski definition) is 3. The highest BCUT2D eigenvalue weighted by atomic mass is 16.7. The lowest BCUT2D eigenvalue weighted by atomic mass is 9.72. The molecular weight excluding hydrogens is 301 g/mol. The van der Waals surface area contributed by atoms with E-state index in [0.717, 1.165) is 23.1 Å². The molecule has 3 rings (SSSR count). The summed E-state index contributed by atoms with van der Waals surface area (Å²) in [4.78, 5) is 12.6. The van der Waals surface area contributed by atoms with E-state index in [1.165, 1.54) is 0 Å². The van der Waals surface area contributed by atoms with E-state index in [0.29, 0.717) is 5.92 Å². The molecule has 1 amide bonds. The van der Waals surface area contributed by atoms with Crippen molar-refractivity contribution in [3.8, 4) is 0 Å². The standard InChI is InChI=1S/C19H28BNO3/c1-12(2)11-19(7)14-10-13(8-9-15(14)21-16(19)22)20-23-17(3,4)18(5,6)24-20/h8-10,12H,11H2,1-7H3,(H,21,22). The minimum atomic E-state index is -0.497. The topological polar surface area (TPSA) is 47.6 Å². The molecule has 0 aliphatic carbocycles. The molecule has 24 heavy (non-hydrogen) atoms. The Morgan fingerprint density at radius 3 is 2.21 bits per heavy atom. The van der Waals surface area contributed by atoms with E-state index in [1.54, 1.807) is 0 Å². The fourth-order valence-electron chi connectivity index (χ4n) is 3.65. The number of anilines is 1. The molecule has 0 radical (unpaired) electrons. The molecule has 1 fully saturated rings. The Hall–Kier alpha value is -1.33. The van der Waals surface area contributed by atoms with Crippen LogP contribution in [-0.4, -0.2) is 24.2 Å². The summed E-state index contributed by atoms with van der Waals surface area (Å²) >= 11 is 0. The molecule has 1 atom stereocenters. The third-order valence-electron chi connectivity index (χ3n) is 5.73. The van der Waals surface area contributed by atoms with Gasteiger partial charge in [-0.05, 0) is 64.1 Å². The average molecular weight is 329 g/mol. The molecule has 2 heterocycles. The molecule has 2 aliphatic rings. The summed E-state index contributed by atoms with van der Waals surface area (Å²) < 4.78 is 12.3. The van der Waals surface area contributed by atoms with Gasteiger partial charge in [0.1, 0.15) is 0 Å². The van der Waals surface area contributed by atoms with Crippen LogP contribution < -0.4 is 10.8 Å². The molecule has 130 valence electrons. The highest BCUT2D eigenvalue weighted by Crippen LogP contribution is 2.42. The lowest BCUT2D eigenvalue weighted by molar-refractivity contribution is -0.120. The van der Waals surface area contributed by atoms with E-state index in [9.17, 15) is 4.79 Å². The highest BCUT2D eigenvalue weighted by Gasteiger charge is 2.52. The first-order valence-corrected chi connectivity index (χ1v) is 8.78. The van der Waals surface area contributed by atoms with Gasteiger partial charge in [-0.25, -0.2) is 0 Å². The second-order valence-corrected chi connectivity index (χ2v) is 8.78. The molecule has 2 aliphatic heterocycles. The summed E-state index contributed by atoms with van der Waals surface area (Å²) in [5, 5.41) is 3.02. The van der Waals surface area contributed by atoms with Gasteiger partial charge >= 0.3 is 7.12 Å². The van der Waals surface area contributed by atoms with Crippen molar-refractivity contribution in [2.75, 3.05) is 5.32 Å². The lowest BCUT2D eigenvalue weighted by Gasteiger charge is -2.32. The minimum absolute atomic E-state index is 0.0808. The third-order valence-corrected chi connectivity index (χ3v) is 5.73. The quantitative estimate of drug-likeness (QED) is 0.866. The summed E-state index contributed by atoms with van der Waals surface area (Å²) in [6, 6.07) is 6.04. The van der Waals surface area contributed by atoms with Crippen molar-refractivity contribution >= 4 is 24.2 Å². The zero-order valence-electron chi connectivity index (χ0n) is 15.8. The van der Waals surface area contributed by atoms with Crippen LogP contribution in [0.2, 0.25) is 0 Å². The Morgan fingerprint density at radius 2 is 1.67 bits per heavy atom. The molecule has 4 nitrogen and oxygen atoms in total. The zero-order chi connectivity index (χ0) is 17.9. The fraction of sp³-hybridized carbons (Fsp3) is 0.632. The van der Waals surface area contributed by atoms with Crippen molar-refractivity contribution in [2.24, 2.45) is 5.92 Å². The van der Waals surface area contributed by atoms with Gasteiger partial charge in [0, 0.05) is 5.69 Å². The van der Waals surface area contributed by atoms with E-state index in [2.05, 4.69) is 25.2 Å². The number of benzene rings is 1. The average Bonchev–Trinajstić information content (AvgIpc) is 2.80. The monoisotopic (exact) mass is 329 g/mol. The van der Waals surface area contributed by atoms with Gasteiger partial charge in [-0.15, -0.1) is 0 Å². The van der Waals surface area contributed by atoms with Gasteiger partial charge in [0.2, 0.25) is 5.91 Å². The maximum Gasteiger partial charge on any atom is 0.494 e. The predicted molar refractivity (Wildman–Crippen MR) is 97.6 cm³/mol. The van der Waals surface area contributed by atoms with Crippen LogP contribution in [0.4, 0.5) is 5.69 Å². The maximum absolute atomic E-state index is 12.6. The van der Waals surface area contributed by atoms with Crippen LogP contribution in [0.25, 0.3) is 0 Å². The minimum Gasteiger partial charge on any atom is -0.399 e. The first kappa shape index (κ1) is 17.5. The maximum atomic E-state index is 12.6. The van der Waals surface area contributed by atoms with Crippen LogP contribution in [-0.2, 0) is 19.5 Å². The molecule has 1 unspecified atom stereocenters. The van der Waals surface area contributed by atoms with Crippen LogP contribution in [0.3, 0.4) is 0 Å². The molecular formula is C19H28BNO3. The van der Waals surface area contributed by atoms with Crippen molar-refractivity contribution in [1.29, 1.82) is 0 Å². The van der Waals surface area contributed by atoms with Gasteiger partial charge in [0.15, 0.2) is 0 Å². The second kappa shape index (κ2) is 5.33. The molecule has 5 heteroatoms. The van der Waals surface area contributed by atoms with Crippen molar-refractivity contribution in [1.82, 2.24) is 0 Å². The number of rotatable bonds is 3. The summed E-state index contributed by atoms with van der Waals surface area (Å²) in [6.07, 6.45) is 0.818. The van der Waals surface area contributed by atoms with E-state index in [1.807, 2.05) is 46.8 Å². The van der Waals surface area contributed by atoms with Gasteiger partial charge in [-0.1, -0.05) is 26.0 Å². The molecule has 1 saturated heterocycles. The van der Waals surface area contributed by atoms with Crippen LogP contribution in [0.15, 0.2) is 18.2 Å². The van der Waals surface area contributed by atoms with Crippen molar-refractivity contribution in [2.45, 2.75) is 71.5 Å². The molecule has 1 aromatic rings. The number of nitrogens with one attached hydrogen (secondary N) is 1. The second-order valence-electron chi connectivity index (χ2n) is 8.78. The van der Waals surface area contributed by atoms with Crippen LogP contribution in [0.5, 0.6) is 0 Å². The smallest absolute Gasteiger partial charge is 0.399 e. The van der Waals surface area contributed by atoms with Gasteiger partial charge in [-0.2, -0.15) is 0 Å². The van der Waals surface area contributed by atoms with E-state index in [-0.39, 0.29) is 17.1 Å². The van der Waals surface area contributed by atoms with Crippen LogP contribution in [0.1, 0.15) is 60.5 Å². The largest absolute Gasteiger partial charge is 0.494 e. The number of hydrogen-bond donors (Lipinski definition) is 1. The number of amides is 1. The van der Waals surface area contributed by atoms with E-state index < -0.39 is 12.5 Å². The number of carbonyl (C=O) groups is 1. The Bertz CT molecular complexity index is 667. The van der Waals surface area contributed by atoms with Crippen LogP contribution in [0, 0.1) is 5.92 Å². The van der Waals surface area contributed by atoms with Crippen LogP contribution >= 0.6 is 0 Å². The Balaban J connectivity index is 1.97. The molecule has 1 aromatic carbocycles. The van der Waals surface area contributed by atoms with Gasteiger partial charge in [-0.3, -0.25) is 4.79 Å². The van der Waals surface area contributed by atoms with E-state index >= 15 is 0 Å². The lowest BCUT2D eigenvalue weighted by Crippen LogP contribution is -2.41. The zero-order valence-corrected chi connectivity index (χ0v) is 15.8. The molecule has 0 spiro atoms. The van der Waals surface area contributed by atoms with Gasteiger partial charge < -0.3 is 14.6 Å². The van der Waals surface area contributed by atoms with Crippen molar-refractivity contribution < 1.29 is 14.1 Å². The van der Waals surface area contributed by atoms with Gasteiger partial charge in [0.25, 0.3) is 0 Å². The summed E-state index contributed by atoms with van der Waals surface area (Å²) in [5.41, 5.74) is 1.69. The Labute approximate surface area is 145 Å². The molecule has 1 N–H and O–H groups in total. The Morgan fingerprint density at radius 1 is 1.08 bits per heavy atom. The number of fused-ring (bicyclic) bond motifs is 1. The molecule has 0 saturated carbocycles. The van der Waals surface area contributed by atoms with Crippen molar-refractivity contribution in [3.05, 3.63) is 23.8 Å². The summed E-state index contributed by atoms with van der Waals surface area (Å²) in [6.45, 7) is 14.5. The highest BCUT2D eigenvalue weighted by molar-refractivity contribution is 6.62.